The summed E-state index contributed by atoms with van der Waals surface area (Å²) in [6.45, 7) is 2.01. The molecule has 0 aliphatic rings. The average Bonchev–Trinajstić information content (AvgIpc) is 2.58. The lowest BCUT2D eigenvalue weighted by Crippen LogP contribution is -2.27. The zero-order valence-electron chi connectivity index (χ0n) is 12.3. The number of benzene rings is 3. The molecule has 1 amide bonds. The predicted molar refractivity (Wildman–Crippen MR) is 93.0 cm³/mol. The van der Waals surface area contributed by atoms with E-state index in [0.717, 1.165) is 27.7 Å². The van der Waals surface area contributed by atoms with Crippen LogP contribution in [0.2, 0.25) is 0 Å². The van der Waals surface area contributed by atoms with E-state index in [1.165, 1.54) is 0 Å². The Kier molecular flexibility index (Phi) is 4.12. The first-order valence-corrected chi connectivity index (χ1v) is 7.68. The first-order chi connectivity index (χ1) is 10.7. The second-order valence-electron chi connectivity index (χ2n) is 5.15. The van der Waals surface area contributed by atoms with E-state index >= 15 is 0 Å². The second-order valence-corrected chi connectivity index (χ2v) is 5.42. The summed E-state index contributed by atoms with van der Waals surface area (Å²) in [6, 6.07) is 21.8. The van der Waals surface area contributed by atoms with E-state index in [4.69, 9.17) is 11.6 Å². The number of para-hydroxylation sites is 1. The Bertz CT molecular complexity index is 814. The summed E-state index contributed by atoms with van der Waals surface area (Å²) >= 11 is 5.86. The third kappa shape index (κ3) is 2.58. The number of halogens is 1. The van der Waals surface area contributed by atoms with Crippen LogP contribution in [0.3, 0.4) is 0 Å². The number of hydrogen-bond acceptors (Lipinski definition) is 1. The molecule has 0 atom stereocenters. The van der Waals surface area contributed by atoms with Crippen LogP contribution in [0.5, 0.6) is 0 Å². The number of fused-ring (bicyclic) bond motifs is 1. The van der Waals surface area contributed by atoms with Crippen molar-refractivity contribution in [2.24, 2.45) is 0 Å². The molecule has 0 aliphatic carbocycles. The van der Waals surface area contributed by atoms with Gasteiger partial charge >= 0.3 is 0 Å². The summed E-state index contributed by atoms with van der Waals surface area (Å²) in [4.78, 5) is 14.2. The lowest BCUT2D eigenvalue weighted by molar-refractivity contribution is -0.115. The van der Waals surface area contributed by atoms with Gasteiger partial charge in [0, 0.05) is 11.1 Å². The molecular weight excluding hydrogens is 294 g/mol. The van der Waals surface area contributed by atoms with E-state index < -0.39 is 0 Å². The van der Waals surface area contributed by atoms with E-state index in [1.54, 1.807) is 4.90 Å². The molecule has 0 spiro atoms. The number of alkyl halides is 1. The predicted octanol–water partition coefficient (Wildman–Crippen LogP) is 5.05. The fraction of sp³-hybridized carbons (Fsp3) is 0.105. The van der Waals surface area contributed by atoms with E-state index in [9.17, 15) is 4.79 Å². The number of rotatable bonds is 3. The molecule has 3 rings (SSSR count). The molecule has 22 heavy (non-hydrogen) atoms. The Morgan fingerprint density at radius 2 is 1.64 bits per heavy atom. The minimum Gasteiger partial charge on any atom is -0.279 e. The maximum absolute atomic E-state index is 12.5. The van der Waals surface area contributed by atoms with Crippen molar-refractivity contribution >= 4 is 39.7 Å². The fourth-order valence-electron chi connectivity index (χ4n) is 2.70. The van der Waals surface area contributed by atoms with E-state index in [2.05, 4.69) is 6.07 Å². The van der Waals surface area contributed by atoms with Crippen LogP contribution < -0.4 is 4.90 Å². The highest BCUT2D eigenvalue weighted by atomic mass is 35.5. The van der Waals surface area contributed by atoms with Crippen molar-refractivity contribution < 1.29 is 4.79 Å². The maximum atomic E-state index is 12.5. The van der Waals surface area contributed by atoms with Crippen molar-refractivity contribution in [2.75, 3.05) is 10.8 Å². The Balaban J connectivity index is 2.29. The van der Waals surface area contributed by atoms with Crippen LogP contribution in [-0.2, 0) is 4.79 Å². The molecule has 0 N–H and O–H groups in total. The number of carbonyl (C=O) groups excluding carboxylic acids is 1. The van der Waals surface area contributed by atoms with Crippen LogP contribution in [0.1, 0.15) is 5.56 Å². The van der Waals surface area contributed by atoms with Crippen LogP contribution in [0.25, 0.3) is 10.8 Å². The summed E-state index contributed by atoms with van der Waals surface area (Å²) in [6.07, 6.45) is 0. The minimum atomic E-state index is -0.132. The number of aryl methyl sites for hydroxylation is 1. The average molecular weight is 310 g/mol. The van der Waals surface area contributed by atoms with Gasteiger partial charge in [-0.15, -0.1) is 11.6 Å². The highest BCUT2D eigenvalue weighted by molar-refractivity contribution is 6.31. The quantitative estimate of drug-likeness (QED) is 0.620. The van der Waals surface area contributed by atoms with Crippen molar-refractivity contribution in [2.45, 2.75) is 6.92 Å². The number of amides is 1. The largest absolute Gasteiger partial charge is 0.279 e. The van der Waals surface area contributed by atoms with Crippen LogP contribution in [-0.4, -0.2) is 11.8 Å². The number of hydrogen-bond donors (Lipinski definition) is 0. The smallest absolute Gasteiger partial charge is 0.246 e. The van der Waals surface area contributed by atoms with Gasteiger partial charge in [0.05, 0.1) is 5.69 Å². The molecule has 0 bridgehead atoms. The molecule has 0 radical (unpaired) electrons. The number of carbonyl (C=O) groups is 1. The Morgan fingerprint density at radius 1 is 0.955 bits per heavy atom. The van der Waals surface area contributed by atoms with Gasteiger partial charge in [0.1, 0.15) is 5.88 Å². The van der Waals surface area contributed by atoms with Crippen molar-refractivity contribution in [3.63, 3.8) is 0 Å². The summed E-state index contributed by atoms with van der Waals surface area (Å²) < 4.78 is 0. The molecule has 0 saturated heterocycles. The van der Waals surface area contributed by atoms with Crippen LogP contribution >= 0.6 is 11.6 Å². The summed E-state index contributed by atoms with van der Waals surface area (Å²) in [5.74, 6) is -0.190. The van der Waals surface area contributed by atoms with E-state index in [-0.39, 0.29) is 11.8 Å². The highest BCUT2D eigenvalue weighted by Gasteiger charge is 2.20. The van der Waals surface area contributed by atoms with E-state index in [1.807, 2.05) is 67.6 Å². The fourth-order valence-corrected chi connectivity index (χ4v) is 2.82. The molecule has 0 heterocycles. The molecule has 3 heteroatoms. The third-order valence-electron chi connectivity index (χ3n) is 3.70. The first-order valence-electron chi connectivity index (χ1n) is 7.14. The summed E-state index contributed by atoms with van der Waals surface area (Å²) in [7, 11) is 0. The summed E-state index contributed by atoms with van der Waals surface area (Å²) in [5, 5.41) is 2.15. The van der Waals surface area contributed by atoms with Gasteiger partial charge in [-0.3, -0.25) is 9.69 Å². The Hall–Kier alpha value is -2.32. The Morgan fingerprint density at radius 3 is 2.36 bits per heavy atom. The molecular formula is C19H16ClNO. The minimum absolute atomic E-state index is 0.0580. The molecule has 0 saturated carbocycles. The molecule has 0 fully saturated rings. The SMILES string of the molecule is Cc1ccc2ccccc2c1N(C(=O)CCl)c1ccccc1. The van der Waals surface area contributed by atoms with Gasteiger partial charge in [-0.25, -0.2) is 0 Å². The standard InChI is InChI=1S/C19H16ClNO/c1-14-11-12-15-7-5-6-10-17(15)19(14)21(18(22)13-20)16-8-3-2-4-9-16/h2-12H,13H2,1H3. The lowest BCUT2D eigenvalue weighted by atomic mass is 10.0. The lowest BCUT2D eigenvalue weighted by Gasteiger charge is -2.25. The van der Waals surface area contributed by atoms with E-state index in [0.29, 0.717) is 0 Å². The molecule has 110 valence electrons. The highest BCUT2D eigenvalue weighted by Crippen LogP contribution is 2.35. The van der Waals surface area contributed by atoms with Crippen LogP contribution in [0, 0.1) is 6.92 Å². The van der Waals surface area contributed by atoms with Crippen molar-refractivity contribution in [1.82, 2.24) is 0 Å². The monoisotopic (exact) mass is 309 g/mol. The van der Waals surface area contributed by atoms with Gasteiger partial charge in [0.2, 0.25) is 5.91 Å². The molecule has 3 aromatic rings. The van der Waals surface area contributed by atoms with Gasteiger partial charge in [-0.1, -0.05) is 54.6 Å². The normalized spacial score (nSPS) is 10.6. The molecule has 3 aromatic carbocycles. The van der Waals surface area contributed by atoms with Crippen LogP contribution in [0.15, 0.2) is 66.7 Å². The molecule has 0 unspecified atom stereocenters. The first kappa shape index (κ1) is 14.6. The summed E-state index contributed by atoms with van der Waals surface area (Å²) in [5.41, 5.74) is 2.77. The Labute approximate surface area is 134 Å². The van der Waals surface area contributed by atoms with Gasteiger partial charge in [0.25, 0.3) is 0 Å². The number of anilines is 2. The van der Waals surface area contributed by atoms with Gasteiger partial charge in [-0.2, -0.15) is 0 Å². The molecule has 2 nitrogen and oxygen atoms in total. The zero-order valence-corrected chi connectivity index (χ0v) is 13.0. The molecule has 0 aliphatic heterocycles. The maximum Gasteiger partial charge on any atom is 0.246 e. The van der Waals surface area contributed by atoms with Crippen molar-refractivity contribution in [3.8, 4) is 0 Å². The van der Waals surface area contributed by atoms with Crippen molar-refractivity contribution in [1.29, 1.82) is 0 Å². The molecule has 0 aromatic heterocycles. The van der Waals surface area contributed by atoms with Crippen LogP contribution in [0.4, 0.5) is 11.4 Å². The second kappa shape index (κ2) is 6.20. The van der Waals surface area contributed by atoms with Gasteiger partial charge in [-0.05, 0) is 30.0 Å². The van der Waals surface area contributed by atoms with Gasteiger partial charge < -0.3 is 0 Å². The van der Waals surface area contributed by atoms with Crippen molar-refractivity contribution in [3.05, 3.63) is 72.3 Å². The third-order valence-corrected chi connectivity index (χ3v) is 3.93. The topological polar surface area (TPSA) is 20.3 Å². The number of nitrogens with zero attached hydrogens (tertiary/aromatic N) is 1. The van der Waals surface area contributed by atoms with Gasteiger partial charge in [0.15, 0.2) is 0 Å². The zero-order chi connectivity index (χ0) is 15.5.